The van der Waals surface area contributed by atoms with Gasteiger partial charge in [0.1, 0.15) is 6.04 Å². The highest BCUT2D eigenvalue weighted by Crippen LogP contribution is 2.26. The monoisotopic (exact) mass is 379 g/mol. The van der Waals surface area contributed by atoms with Crippen molar-refractivity contribution in [3.63, 3.8) is 0 Å². The first-order chi connectivity index (χ1) is 13.6. The molecule has 4 aromatic rings. The second-order valence-corrected chi connectivity index (χ2v) is 6.86. The lowest BCUT2D eigenvalue weighted by Gasteiger charge is -2.17. The maximum atomic E-state index is 12.3. The number of carbonyl (C=O) groups excluding carboxylic acids is 1. The summed E-state index contributed by atoms with van der Waals surface area (Å²) in [7, 11) is 0. The van der Waals surface area contributed by atoms with Gasteiger partial charge in [-0.05, 0) is 43.2 Å². The number of aromatic nitrogens is 4. The van der Waals surface area contributed by atoms with Crippen molar-refractivity contribution in [3.05, 3.63) is 54.6 Å². The van der Waals surface area contributed by atoms with E-state index in [9.17, 15) is 4.79 Å². The molecule has 1 atom stereocenters. The molecule has 0 bridgehead atoms. The van der Waals surface area contributed by atoms with Gasteiger partial charge in [-0.2, -0.15) is 4.98 Å². The third-order valence-corrected chi connectivity index (χ3v) is 4.63. The van der Waals surface area contributed by atoms with Crippen molar-refractivity contribution in [1.29, 1.82) is 0 Å². The van der Waals surface area contributed by atoms with E-state index in [2.05, 4.69) is 31.9 Å². The van der Waals surface area contributed by atoms with Crippen molar-refractivity contribution < 1.29 is 13.7 Å². The molecular weight excluding hydrogens is 358 g/mol. The average Bonchev–Trinajstić information content (AvgIpc) is 3.45. The molecule has 0 unspecified atom stereocenters. The third-order valence-electron chi connectivity index (χ3n) is 4.63. The van der Waals surface area contributed by atoms with Gasteiger partial charge in [0.15, 0.2) is 5.76 Å². The van der Waals surface area contributed by atoms with Crippen molar-refractivity contribution in [2.75, 3.05) is 0 Å². The summed E-state index contributed by atoms with van der Waals surface area (Å²) in [4.78, 5) is 21.3. The molecule has 1 aromatic carbocycles. The second kappa shape index (κ2) is 7.30. The number of fused-ring (bicyclic) bond motifs is 1. The number of rotatable bonds is 6. The number of nitrogens with zero attached hydrogens (tertiary/aromatic N) is 4. The SMILES string of the molecule is CCn1cnc2cc(-c3noc([C@H](NC(=O)c4ccco4)C(C)C)n3)ccc21. The standard InChI is InChI=1S/C20H21N5O3/c1-4-25-11-21-14-10-13(7-8-15(14)25)18-23-20(28-24-18)17(12(2)3)22-19(26)16-6-5-9-27-16/h5-12,17H,4H2,1-3H3,(H,22,26)/t17-/m1/s1. The van der Waals surface area contributed by atoms with Crippen LogP contribution >= 0.6 is 0 Å². The summed E-state index contributed by atoms with van der Waals surface area (Å²) < 4.78 is 12.7. The first kappa shape index (κ1) is 18.0. The van der Waals surface area contributed by atoms with Crippen LogP contribution in [-0.4, -0.2) is 25.6 Å². The summed E-state index contributed by atoms with van der Waals surface area (Å²) in [6.07, 6.45) is 3.27. The predicted molar refractivity (Wildman–Crippen MR) is 102 cm³/mol. The van der Waals surface area contributed by atoms with Gasteiger partial charge in [0, 0.05) is 12.1 Å². The van der Waals surface area contributed by atoms with Crippen molar-refractivity contribution in [2.45, 2.75) is 33.4 Å². The smallest absolute Gasteiger partial charge is 0.287 e. The predicted octanol–water partition coefficient (Wildman–Crippen LogP) is 3.83. The molecule has 0 fully saturated rings. The molecule has 0 aliphatic rings. The number of hydrogen-bond donors (Lipinski definition) is 1. The summed E-state index contributed by atoms with van der Waals surface area (Å²) in [6.45, 7) is 6.87. The van der Waals surface area contributed by atoms with Crippen LogP contribution in [0.3, 0.4) is 0 Å². The number of imidazole rings is 1. The third kappa shape index (κ3) is 3.28. The highest BCUT2D eigenvalue weighted by Gasteiger charge is 2.26. The molecule has 0 aliphatic heterocycles. The lowest BCUT2D eigenvalue weighted by molar-refractivity contribution is 0.0885. The molecular formula is C20H21N5O3. The van der Waals surface area contributed by atoms with Crippen LogP contribution in [0.25, 0.3) is 22.4 Å². The average molecular weight is 379 g/mol. The van der Waals surface area contributed by atoms with Gasteiger partial charge in [-0.3, -0.25) is 4.79 Å². The van der Waals surface area contributed by atoms with E-state index in [4.69, 9.17) is 8.94 Å². The van der Waals surface area contributed by atoms with Crippen LogP contribution < -0.4 is 5.32 Å². The number of carbonyl (C=O) groups is 1. The van der Waals surface area contributed by atoms with Gasteiger partial charge in [-0.25, -0.2) is 4.98 Å². The number of aryl methyl sites for hydroxylation is 1. The minimum absolute atomic E-state index is 0.0509. The zero-order chi connectivity index (χ0) is 19.7. The van der Waals surface area contributed by atoms with Crippen LogP contribution in [0.1, 0.15) is 43.3 Å². The zero-order valence-corrected chi connectivity index (χ0v) is 15.9. The molecule has 0 saturated heterocycles. The van der Waals surface area contributed by atoms with Gasteiger partial charge in [-0.1, -0.05) is 19.0 Å². The minimum atomic E-state index is -0.429. The van der Waals surface area contributed by atoms with E-state index >= 15 is 0 Å². The lowest BCUT2D eigenvalue weighted by Crippen LogP contribution is -2.31. The van der Waals surface area contributed by atoms with Gasteiger partial charge in [0.25, 0.3) is 5.91 Å². The fraction of sp³-hybridized carbons (Fsp3) is 0.300. The Morgan fingerprint density at radius 3 is 2.86 bits per heavy atom. The summed E-state index contributed by atoms with van der Waals surface area (Å²) in [5.74, 6) is 0.775. The van der Waals surface area contributed by atoms with Gasteiger partial charge in [0.2, 0.25) is 11.7 Å². The van der Waals surface area contributed by atoms with Crippen LogP contribution in [0.4, 0.5) is 0 Å². The molecule has 0 spiro atoms. The van der Waals surface area contributed by atoms with Crippen molar-refractivity contribution in [3.8, 4) is 11.4 Å². The molecule has 3 heterocycles. The molecule has 1 N–H and O–H groups in total. The van der Waals surface area contributed by atoms with E-state index in [1.165, 1.54) is 6.26 Å². The summed E-state index contributed by atoms with van der Waals surface area (Å²) >= 11 is 0. The van der Waals surface area contributed by atoms with E-state index in [-0.39, 0.29) is 17.6 Å². The maximum Gasteiger partial charge on any atom is 0.287 e. The van der Waals surface area contributed by atoms with E-state index in [0.717, 1.165) is 23.1 Å². The van der Waals surface area contributed by atoms with Gasteiger partial charge in [-0.15, -0.1) is 0 Å². The van der Waals surface area contributed by atoms with E-state index in [1.54, 1.807) is 12.1 Å². The fourth-order valence-corrected chi connectivity index (χ4v) is 3.07. The lowest BCUT2D eigenvalue weighted by atomic mass is 10.0. The normalized spacial score (nSPS) is 12.6. The molecule has 8 heteroatoms. The Bertz CT molecular complexity index is 1090. The van der Waals surface area contributed by atoms with Crippen LogP contribution in [0.2, 0.25) is 0 Å². The second-order valence-electron chi connectivity index (χ2n) is 6.86. The molecule has 144 valence electrons. The molecule has 28 heavy (non-hydrogen) atoms. The number of hydrogen-bond acceptors (Lipinski definition) is 6. The number of nitrogens with one attached hydrogen (secondary N) is 1. The van der Waals surface area contributed by atoms with E-state index < -0.39 is 6.04 Å². The number of furan rings is 1. The van der Waals surface area contributed by atoms with Gasteiger partial charge >= 0.3 is 0 Å². The number of amides is 1. The molecule has 0 radical (unpaired) electrons. The van der Waals surface area contributed by atoms with Gasteiger partial charge in [0.05, 0.1) is 23.6 Å². The van der Waals surface area contributed by atoms with E-state index in [0.29, 0.717) is 11.7 Å². The Labute approximate surface area is 161 Å². The molecule has 1 amide bonds. The Morgan fingerprint density at radius 2 is 2.14 bits per heavy atom. The van der Waals surface area contributed by atoms with Crippen molar-refractivity contribution in [2.24, 2.45) is 5.92 Å². The van der Waals surface area contributed by atoms with Crippen LogP contribution in [-0.2, 0) is 6.54 Å². The topological polar surface area (TPSA) is 99.0 Å². The van der Waals surface area contributed by atoms with Crippen molar-refractivity contribution in [1.82, 2.24) is 25.0 Å². The Hall–Kier alpha value is -3.42. The summed E-state index contributed by atoms with van der Waals surface area (Å²) in [6, 6.07) is 8.72. The quantitative estimate of drug-likeness (QED) is 0.547. The van der Waals surface area contributed by atoms with Gasteiger partial charge < -0.3 is 18.8 Å². The summed E-state index contributed by atoms with van der Waals surface area (Å²) in [5, 5.41) is 6.99. The first-order valence-corrected chi connectivity index (χ1v) is 9.20. The molecule has 8 nitrogen and oxygen atoms in total. The Morgan fingerprint density at radius 1 is 1.29 bits per heavy atom. The number of benzene rings is 1. The largest absolute Gasteiger partial charge is 0.459 e. The van der Waals surface area contributed by atoms with Crippen molar-refractivity contribution >= 4 is 16.9 Å². The highest BCUT2D eigenvalue weighted by atomic mass is 16.5. The van der Waals surface area contributed by atoms with E-state index in [1.807, 2.05) is 38.4 Å². The molecule has 0 saturated carbocycles. The maximum absolute atomic E-state index is 12.3. The Kier molecular flexibility index (Phi) is 4.68. The first-order valence-electron chi connectivity index (χ1n) is 9.20. The highest BCUT2D eigenvalue weighted by molar-refractivity contribution is 5.91. The minimum Gasteiger partial charge on any atom is -0.459 e. The Balaban J connectivity index is 1.60. The molecule has 3 aromatic heterocycles. The van der Waals surface area contributed by atoms with Crippen LogP contribution in [0, 0.1) is 5.92 Å². The molecule has 0 aliphatic carbocycles. The fourth-order valence-electron chi connectivity index (χ4n) is 3.07. The zero-order valence-electron chi connectivity index (χ0n) is 15.9. The van der Waals surface area contributed by atoms with Crippen LogP contribution in [0.15, 0.2) is 51.9 Å². The van der Waals surface area contributed by atoms with Crippen LogP contribution in [0.5, 0.6) is 0 Å². The molecule has 4 rings (SSSR count). The summed E-state index contributed by atoms with van der Waals surface area (Å²) in [5.41, 5.74) is 2.74.